The van der Waals surface area contributed by atoms with E-state index in [0.29, 0.717) is 5.69 Å². The first-order valence-electron chi connectivity index (χ1n) is 9.16. The predicted molar refractivity (Wildman–Crippen MR) is 106 cm³/mol. The summed E-state index contributed by atoms with van der Waals surface area (Å²) in [6.07, 6.45) is 2.57. The molecule has 0 aliphatic carbocycles. The van der Waals surface area contributed by atoms with Crippen LogP contribution in [-0.4, -0.2) is 15.7 Å². The molecule has 0 saturated carbocycles. The Kier molecular flexibility index (Phi) is 5.91. The number of aromatic nitrogens is 2. The van der Waals surface area contributed by atoms with E-state index in [4.69, 9.17) is 4.74 Å². The molecule has 5 heteroatoms. The third-order valence-electron chi connectivity index (χ3n) is 4.48. The molecule has 0 aliphatic heterocycles. The zero-order valence-corrected chi connectivity index (χ0v) is 16.0. The number of nitrogens with one attached hydrogen (secondary N) is 1. The fourth-order valence-corrected chi connectivity index (χ4v) is 2.89. The van der Waals surface area contributed by atoms with Gasteiger partial charge in [-0.25, -0.2) is 4.68 Å². The van der Waals surface area contributed by atoms with E-state index in [1.165, 1.54) is 0 Å². The van der Waals surface area contributed by atoms with Crippen LogP contribution in [0.5, 0.6) is 5.75 Å². The van der Waals surface area contributed by atoms with Crippen molar-refractivity contribution in [2.75, 3.05) is 0 Å². The maximum atomic E-state index is 12.5. The first kappa shape index (κ1) is 18.7. The topological polar surface area (TPSA) is 56.2 Å². The van der Waals surface area contributed by atoms with Crippen molar-refractivity contribution in [2.24, 2.45) is 0 Å². The molecule has 1 heterocycles. The number of nitrogens with zero attached hydrogens (tertiary/aromatic N) is 2. The van der Waals surface area contributed by atoms with Gasteiger partial charge in [-0.15, -0.1) is 0 Å². The molecule has 27 heavy (non-hydrogen) atoms. The fourth-order valence-electron chi connectivity index (χ4n) is 2.89. The number of hydrogen-bond acceptors (Lipinski definition) is 3. The summed E-state index contributed by atoms with van der Waals surface area (Å²) >= 11 is 0. The van der Waals surface area contributed by atoms with Gasteiger partial charge in [-0.05, 0) is 49.1 Å². The maximum Gasteiger partial charge on any atom is 0.272 e. The highest BCUT2D eigenvalue weighted by Gasteiger charge is 2.16. The van der Waals surface area contributed by atoms with Gasteiger partial charge in [0.2, 0.25) is 0 Å². The second-order valence-electron chi connectivity index (χ2n) is 6.63. The van der Waals surface area contributed by atoms with Crippen LogP contribution >= 0.6 is 0 Å². The molecule has 1 unspecified atom stereocenters. The molecule has 2 aromatic carbocycles. The Labute approximate surface area is 160 Å². The van der Waals surface area contributed by atoms with Gasteiger partial charge < -0.3 is 10.1 Å². The van der Waals surface area contributed by atoms with Gasteiger partial charge in [-0.1, -0.05) is 49.4 Å². The summed E-state index contributed by atoms with van der Waals surface area (Å²) in [7, 11) is 0. The lowest BCUT2D eigenvalue weighted by Crippen LogP contribution is -2.28. The Balaban J connectivity index is 1.62. The van der Waals surface area contributed by atoms with Gasteiger partial charge in [0.15, 0.2) is 6.73 Å². The summed E-state index contributed by atoms with van der Waals surface area (Å²) in [5, 5.41) is 7.39. The van der Waals surface area contributed by atoms with Gasteiger partial charge in [0, 0.05) is 6.20 Å². The number of rotatable bonds is 7. The van der Waals surface area contributed by atoms with E-state index in [-0.39, 0.29) is 18.7 Å². The number of benzene rings is 2. The van der Waals surface area contributed by atoms with Crippen molar-refractivity contribution in [1.29, 1.82) is 0 Å². The van der Waals surface area contributed by atoms with Crippen molar-refractivity contribution in [3.05, 3.63) is 83.2 Å². The summed E-state index contributed by atoms with van der Waals surface area (Å²) in [5.74, 6) is 0.641. The minimum absolute atomic E-state index is 0.0324. The van der Waals surface area contributed by atoms with E-state index in [2.05, 4.69) is 23.4 Å². The monoisotopic (exact) mass is 363 g/mol. The molecule has 1 N–H and O–H groups in total. The first-order valence-corrected chi connectivity index (χ1v) is 9.16. The van der Waals surface area contributed by atoms with E-state index in [1.54, 1.807) is 16.9 Å². The molecular formula is C22H25N3O2. The molecule has 1 amide bonds. The summed E-state index contributed by atoms with van der Waals surface area (Å²) in [5.41, 5.74) is 3.68. The smallest absolute Gasteiger partial charge is 0.272 e. The molecule has 3 rings (SSSR count). The molecule has 140 valence electrons. The second-order valence-corrected chi connectivity index (χ2v) is 6.63. The largest absolute Gasteiger partial charge is 0.471 e. The van der Waals surface area contributed by atoms with E-state index in [0.717, 1.165) is 28.9 Å². The summed E-state index contributed by atoms with van der Waals surface area (Å²) in [6, 6.07) is 17.7. The molecule has 1 atom stereocenters. The standard InChI is InChI=1S/C22H25N3O2/c1-4-19(18-8-6-5-7-9-18)23-22(26)20-12-13-25(24-20)15-27-21-14-16(2)10-11-17(21)3/h5-14,19H,4,15H2,1-3H3,(H,23,26). The Bertz CT molecular complexity index is 903. The van der Waals surface area contributed by atoms with E-state index in [9.17, 15) is 4.79 Å². The number of carbonyl (C=O) groups is 1. The van der Waals surface area contributed by atoms with E-state index < -0.39 is 0 Å². The molecule has 1 aromatic heterocycles. The molecule has 3 aromatic rings. The fraction of sp³-hybridized carbons (Fsp3) is 0.273. The lowest BCUT2D eigenvalue weighted by molar-refractivity contribution is 0.0928. The third kappa shape index (κ3) is 4.76. The molecule has 0 aliphatic rings. The number of amides is 1. The highest BCUT2D eigenvalue weighted by atomic mass is 16.5. The minimum atomic E-state index is -0.184. The van der Waals surface area contributed by atoms with Crippen LogP contribution in [0, 0.1) is 13.8 Å². The zero-order valence-electron chi connectivity index (χ0n) is 16.0. The molecule has 0 radical (unpaired) electrons. The normalized spacial score (nSPS) is 11.8. The van der Waals surface area contributed by atoms with E-state index >= 15 is 0 Å². The van der Waals surface area contributed by atoms with Crippen LogP contribution in [0.3, 0.4) is 0 Å². The number of ether oxygens (including phenoxy) is 1. The predicted octanol–water partition coefficient (Wildman–Crippen LogP) is 4.42. The summed E-state index contributed by atoms with van der Waals surface area (Å²) in [4.78, 5) is 12.5. The van der Waals surface area contributed by atoms with Crippen LogP contribution < -0.4 is 10.1 Å². The van der Waals surface area contributed by atoms with Crippen molar-refractivity contribution in [2.45, 2.75) is 40.0 Å². The molecule has 0 fully saturated rings. The lowest BCUT2D eigenvalue weighted by atomic mass is 10.0. The number of carbonyl (C=O) groups excluding carboxylic acids is 1. The molecule has 0 spiro atoms. The van der Waals surface area contributed by atoms with Crippen molar-refractivity contribution >= 4 is 5.91 Å². The van der Waals surface area contributed by atoms with E-state index in [1.807, 2.05) is 56.3 Å². The Hall–Kier alpha value is -3.08. The van der Waals surface area contributed by atoms with Crippen LogP contribution in [0.1, 0.15) is 46.6 Å². The van der Waals surface area contributed by atoms with Gasteiger partial charge in [-0.3, -0.25) is 4.79 Å². The van der Waals surface area contributed by atoms with Gasteiger partial charge in [0.05, 0.1) is 6.04 Å². The highest BCUT2D eigenvalue weighted by molar-refractivity contribution is 5.92. The highest BCUT2D eigenvalue weighted by Crippen LogP contribution is 2.20. The maximum absolute atomic E-state index is 12.5. The van der Waals surface area contributed by atoms with Crippen LogP contribution in [0.4, 0.5) is 0 Å². The first-order chi connectivity index (χ1) is 13.1. The van der Waals surface area contributed by atoms with Crippen LogP contribution in [-0.2, 0) is 6.73 Å². The Morgan fingerprint density at radius 2 is 1.93 bits per heavy atom. The van der Waals surface area contributed by atoms with Gasteiger partial charge >= 0.3 is 0 Å². The third-order valence-corrected chi connectivity index (χ3v) is 4.48. The number of hydrogen-bond donors (Lipinski definition) is 1. The molecular weight excluding hydrogens is 338 g/mol. The molecule has 0 bridgehead atoms. The van der Waals surface area contributed by atoms with Crippen LogP contribution in [0.15, 0.2) is 60.8 Å². The van der Waals surface area contributed by atoms with Crippen molar-refractivity contribution in [3.63, 3.8) is 0 Å². The van der Waals surface area contributed by atoms with Gasteiger partial charge in [-0.2, -0.15) is 5.10 Å². The second kappa shape index (κ2) is 8.54. The van der Waals surface area contributed by atoms with Gasteiger partial charge in [0.1, 0.15) is 11.4 Å². The SMILES string of the molecule is CCC(NC(=O)c1ccn(COc2cc(C)ccc2C)n1)c1ccccc1. The molecule has 5 nitrogen and oxygen atoms in total. The van der Waals surface area contributed by atoms with Crippen molar-refractivity contribution < 1.29 is 9.53 Å². The average Bonchev–Trinajstić information content (AvgIpc) is 3.16. The summed E-state index contributed by atoms with van der Waals surface area (Å²) in [6.45, 7) is 6.34. The molecule has 0 saturated heterocycles. The minimum Gasteiger partial charge on any atom is -0.471 e. The number of aryl methyl sites for hydroxylation is 2. The van der Waals surface area contributed by atoms with Crippen molar-refractivity contribution in [3.8, 4) is 5.75 Å². The van der Waals surface area contributed by atoms with Gasteiger partial charge in [0.25, 0.3) is 5.91 Å². The van der Waals surface area contributed by atoms with Crippen molar-refractivity contribution in [1.82, 2.24) is 15.1 Å². The van der Waals surface area contributed by atoms with Crippen LogP contribution in [0.25, 0.3) is 0 Å². The van der Waals surface area contributed by atoms with Crippen LogP contribution in [0.2, 0.25) is 0 Å². The Morgan fingerprint density at radius 3 is 2.67 bits per heavy atom. The zero-order chi connectivity index (χ0) is 19.2. The quantitative estimate of drug-likeness (QED) is 0.676. The lowest BCUT2D eigenvalue weighted by Gasteiger charge is -2.16. The summed E-state index contributed by atoms with van der Waals surface area (Å²) < 4.78 is 7.46. The average molecular weight is 363 g/mol. The Morgan fingerprint density at radius 1 is 1.15 bits per heavy atom.